The molecule has 0 radical (unpaired) electrons. The van der Waals surface area contributed by atoms with Crippen molar-refractivity contribution in [2.75, 3.05) is 5.32 Å². The number of pyridine rings is 1. The summed E-state index contributed by atoms with van der Waals surface area (Å²) in [6.07, 6.45) is 3.41. The van der Waals surface area contributed by atoms with Crippen LogP contribution in [0, 0.1) is 13.8 Å². The molecule has 2 aromatic carbocycles. The van der Waals surface area contributed by atoms with E-state index in [1.807, 2.05) is 43.3 Å². The molecule has 6 heteroatoms. The molecule has 0 fully saturated rings. The van der Waals surface area contributed by atoms with Gasteiger partial charge in [0.2, 0.25) is 11.8 Å². The van der Waals surface area contributed by atoms with E-state index in [4.69, 9.17) is 16.1 Å². The fourth-order valence-electron chi connectivity index (χ4n) is 3.50. The zero-order chi connectivity index (χ0) is 22.0. The summed E-state index contributed by atoms with van der Waals surface area (Å²) in [5, 5.41) is 7.84. The maximum atomic E-state index is 13.0. The number of rotatable bonds is 5. The van der Waals surface area contributed by atoms with Gasteiger partial charge < -0.3 is 4.52 Å². The van der Waals surface area contributed by atoms with Crippen molar-refractivity contribution in [3.63, 3.8) is 0 Å². The van der Waals surface area contributed by atoms with Crippen molar-refractivity contribution >= 4 is 23.4 Å². The molecule has 0 saturated carbocycles. The first kappa shape index (κ1) is 20.8. The predicted molar refractivity (Wildman–Crippen MR) is 123 cm³/mol. The van der Waals surface area contributed by atoms with Crippen LogP contribution in [0.4, 0.5) is 5.88 Å². The Bertz CT molecular complexity index is 1230. The standard InChI is InChI=1S/C25H22ClN3O2/c1-15-6-4-9-21(16(15)2)23-22(18-10-12-27-13-11-18)25(31-29-23)28-24(30)17(3)19-7-5-8-20(26)14-19/h4-14,17H,1-3H3,(H,28,30). The summed E-state index contributed by atoms with van der Waals surface area (Å²) in [6.45, 7) is 5.94. The van der Waals surface area contributed by atoms with Crippen LogP contribution in [0.1, 0.15) is 29.5 Å². The van der Waals surface area contributed by atoms with Crippen molar-refractivity contribution in [1.29, 1.82) is 0 Å². The molecule has 0 aliphatic rings. The first-order valence-electron chi connectivity index (χ1n) is 9.98. The van der Waals surface area contributed by atoms with E-state index in [2.05, 4.69) is 35.4 Å². The van der Waals surface area contributed by atoms with E-state index in [-0.39, 0.29) is 5.91 Å². The second kappa shape index (κ2) is 8.74. The van der Waals surface area contributed by atoms with Crippen LogP contribution >= 0.6 is 11.6 Å². The molecule has 0 bridgehead atoms. The molecule has 0 aliphatic heterocycles. The number of hydrogen-bond acceptors (Lipinski definition) is 4. The molecule has 0 saturated heterocycles. The zero-order valence-corrected chi connectivity index (χ0v) is 18.3. The van der Waals surface area contributed by atoms with Crippen LogP contribution in [0.25, 0.3) is 22.4 Å². The van der Waals surface area contributed by atoms with Gasteiger partial charge in [0.15, 0.2) is 0 Å². The fourth-order valence-corrected chi connectivity index (χ4v) is 3.70. The van der Waals surface area contributed by atoms with Crippen molar-refractivity contribution in [2.24, 2.45) is 0 Å². The Morgan fingerprint density at radius 2 is 1.81 bits per heavy atom. The quantitative estimate of drug-likeness (QED) is 0.396. The van der Waals surface area contributed by atoms with Gasteiger partial charge in [0, 0.05) is 23.0 Å². The maximum Gasteiger partial charge on any atom is 0.239 e. The van der Waals surface area contributed by atoms with Gasteiger partial charge in [0.25, 0.3) is 0 Å². The monoisotopic (exact) mass is 431 g/mol. The fraction of sp³-hybridized carbons (Fsp3) is 0.160. The van der Waals surface area contributed by atoms with Gasteiger partial charge in [-0.3, -0.25) is 15.1 Å². The number of carbonyl (C=O) groups is 1. The van der Waals surface area contributed by atoms with Crippen LogP contribution in [0.3, 0.4) is 0 Å². The number of halogens is 1. The molecular weight excluding hydrogens is 410 g/mol. The Labute approximate surface area is 186 Å². The Balaban J connectivity index is 1.76. The van der Waals surface area contributed by atoms with E-state index in [1.54, 1.807) is 24.5 Å². The third-order valence-corrected chi connectivity index (χ3v) is 5.73. The van der Waals surface area contributed by atoms with Gasteiger partial charge in [-0.2, -0.15) is 0 Å². The molecule has 2 heterocycles. The van der Waals surface area contributed by atoms with E-state index in [9.17, 15) is 4.79 Å². The van der Waals surface area contributed by atoms with Crippen molar-refractivity contribution in [2.45, 2.75) is 26.7 Å². The third kappa shape index (κ3) is 4.23. The number of aromatic nitrogens is 2. The van der Waals surface area contributed by atoms with Crippen LogP contribution in [0.2, 0.25) is 5.02 Å². The molecule has 4 rings (SSSR count). The van der Waals surface area contributed by atoms with E-state index >= 15 is 0 Å². The second-order valence-corrected chi connectivity index (χ2v) is 7.92. The van der Waals surface area contributed by atoms with E-state index in [0.29, 0.717) is 16.6 Å². The minimum absolute atomic E-state index is 0.207. The van der Waals surface area contributed by atoms with Crippen molar-refractivity contribution < 1.29 is 9.32 Å². The lowest BCUT2D eigenvalue weighted by Gasteiger charge is -2.13. The number of anilines is 1. The van der Waals surface area contributed by atoms with E-state index in [0.717, 1.165) is 33.4 Å². The number of benzene rings is 2. The molecule has 2 aromatic heterocycles. The minimum Gasteiger partial charge on any atom is -0.337 e. The number of hydrogen-bond donors (Lipinski definition) is 1. The molecule has 1 atom stereocenters. The van der Waals surface area contributed by atoms with Crippen LogP contribution in [-0.4, -0.2) is 16.0 Å². The summed E-state index contributed by atoms with van der Waals surface area (Å²) in [4.78, 5) is 17.1. The highest BCUT2D eigenvalue weighted by atomic mass is 35.5. The average Bonchev–Trinajstić information content (AvgIpc) is 3.18. The second-order valence-electron chi connectivity index (χ2n) is 7.48. The lowest BCUT2D eigenvalue weighted by molar-refractivity contribution is -0.117. The molecule has 156 valence electrons. The zero-order valence-electron chi connectivity index (χ0n) is 17.5. The van der Waals surface area contributed by atoms with Gasteiger partial charge in [0.05, 0.1) is 11.5 Å². The van der Waals surface area contributed by atoms with Gasteiger partial charge in [-0.25, -0.2) is 0 Å². The summed E-state index contributed by atoms with van der Waals surface area (Å²) in [7, 11) is 0. The number of carbonyl (C=O) groups excluding carboxylic acids is 1. The molecule has 1 N–H and O–H groups in total. The maximum absolute atomic E-state index is 13.0. The lowest BCUT2D eigenvalue weighted by Crippen LogP contribution is -2.19. The summed E-state index contributed by atoms with van der Waals surface area (Å²) in [5.41, 5.74) is 6.31. The largest absolute Gasteiger partial charge is 0.337 e. The molecule has 31 heavy (non-hydrogen) atoms. The molecule has 0 spiro atoms. The van der Waals surface area contributed by atoms with Crippen LogP contribution < -0.4 is 5.32 Å². The summed E-state index contributed by atoms with van der Waals surface area (Å²) in [5.74, 6) is -0.319. The number of amides is 1. The van der Waals surface area contributed by atoms with Gasteiger partial charge in [-0.05, 0) is 67.3 Å². The highest BCUT2D eigenvalue weighted by Gasteiger charge is 2.24. The third-order valence-electron chi connectivity index (χ3n) is 5.50. The number of nitrogens with zero attached hydrogens (tertiary/aromatic N) is 2. The smallest absolute Gasteiger partial charge is 0.239 e. The molecule has 0 aliphatic carbocycles. The normalized spacial score (nSPS) is 11.9. The highest BCUT2D eigenvalue weighted by Crippen LogP contribution is 2.39. The SMILES string of the molecule is Cc1cccc(-c2noc(NC(=O)C(C)c3cccc(Cl)c3)c2-c2ccncc2)c1C. The number of nitrogens with one attached hydrogen (secondary N) is 1. The van der Waals surface area contributed by atoms with Crippen LogP contribution in [0.5, 0.6) is 0 Å². The number of aryl methyl sites for hydroxylation is 1. The van der Waals surface area contributed by atoms with Gasteiger partial charge in [-0.15, -0.1) is 0 Å². The Morgan fingerprint density at radius 3 is 2.55 bits per heavy atom. The van der Waals surface area contributed by atoms with Gasteiger partial charge in [-0.1, -0.05) is 47.1 Å². The Hall–Kier alpha value is -3.44. The minimum atomic E-state index is -0.418. The van der Waals surface area contributed by atoms with E-state index < -0.39 is 5.92 Å². The molecule has 5 nitrogen and oxygen atoms in total. The summed E-state index contributed by atoms with van der Waals surface area (Å²) < 4.78 is 5.65. The lowest BCUT2D eigenvalue weighted by atomic mass is 9.96. The highest BCUT2D eigenvalue weighted by molar-refractivity contribution is 6.30. The first-order valence-corrected chi connectivity index (χ1v) is 10.4. The van der Waals surface area contributed by atoms with E-state index in [1.165, 1.54) is 0 Å². The van der Waals surface area contributed by atoms with Crippen molar-refractivity contribution in [3.05, 3.63) is 88.7 Å². The van der Waals surface area contributed by atoms with Crippen molar-refractivity contribution in [1.82, 2.24) is 10.1 Å². The first-order chi connectivity index (χ1) is 15.0. The molecule has 1 unspecified atom stereocenters. The summed E-state index contributed by atoms with van der Waals surface area (Å²) >= 11 is 6.09. The molecule has 1 amide bonds. The van der Waals surface area contributed by atoms with Gasteiger partial charge in [0.1, 0.15) is 5.69 Å². The molecular formula is C25H22ClN3O2. The van der Waals surface area contributed by atoms with Crippen LogP contribution in [0.15, 0.2) is 71.5 Å². The molecule has 4 aromatic rings. The topological polar surface area (TPSA) is 68.0 Å². The van der Waals surface area contributed by atoms with Crippen molar-refractivity contribution in [3.8, 4) is 22.4 Å². The predicted octanol–water partition coefficient (Wildman–Crippen LogP) is 6.42. The Kier molecular flexibility index (Phi) is 5.87. The average molecular weight is 432 g/mol. The van der Waals surface area contributed by atoms with Crippen LogP contribution in [-0.2, 0) is 4.79 Å². The van der Waals surface area contributed by atoms with Gasteiger partial charge >= 0.3 is 0 Å². The summed E-state index contributed by atoms with van der Waals surface area (Å²) in [6, 6.07) is 17.1. The Morgan fingerprint density at radius 1 is 1.06 bits per heavy atom.